The second kappa shape index (κ2) is 6.76. The van der Waals surface area contributed by atoms with Crippen molar-refractivity contribution in [2.45, 2.75) is 6.61 Å². The monoisotopic (exact) mass is 311 g/mol. The van der Waals surface area contributed by atoms with Gasteiger partial charge in [0.1, 0.15) is 5.82 Å². The Bertz CT molecular complexity index is 797. The number of nitrogens with one attached hydrogen (secondary N) is 1. The summed E-state index contributed by atoms with van der Waals surface area (Å²) in [4.78, 5) is 6.59. The fourth-order valence-corrected chi connectivity index (χ4v) is 2.54. The minimum absolute atomic E-state index is 0.00567. The van der Waals surface area contributed by atoms with E-state index in [1.54, 1.807) is 16.9 Å². The average Bonchev–Trinajstić information content (AvgIpc) is 2.99. The van der Waals surface area contributed by atoms with Gasteiger partial charge in [0.05, 0.1) is 12.8 Å². The van der Waals surface area contributed by atoms with Gasteiger partial charge in [0.25, 0.3) is 0 Å². The lowest BCUT2D eigenvalue weighted by molar-refractivity contribution is 0.282. The van der Waals surface area contributed by atoms with Crippen molar-refractivity contribution in [1.82, 2.24) is 19.5 Å². The van der Waals surface area contributed by atoms with Crippen LogP contribution in [0.25, 0.3) is 16.8 Å². The Labute approximate surface area is 135 Å². The molecule has 2 heterocycles. The van der Waals surface area contributed by atoms with Crippen molar-refractivity contribution in [2.24, 2.45) is 0 Å². The van der Waals surface area contributed by atoms with E-state index in [9.17, 15) is 5.11 Å². The van der Waals surface area contributed by atoms with E-state index in [1.165, 1.54) is 0 Å². The summed E-state index contributed by atoms with van der Waals surface area (Å²) in [5.74, 6) is 0.907. The quantitative estimate of drug-likeness (QED) is 0.727. The van der Waals surface area contributed by atoms with Gasteiger partial charge in [0.15, 0.2) is 5.65 Å². The Balaban J connectivity index is 1.98. The second-order valence-electron chi connectivity index (χ2n) is 5.67. The molecule has 120 valence electrons. The maximum absolute atomic E-state index is 9.55. The van der Waals surface area contributed by atoms with Crippen molar-refractivity contribution >= 4 is 11.5 Å². The van der Waals surface area contributed by atoms with Crippen molar-refractivity contribution in [2.75, 3.05) is 32.5 Å². The molecule has 0 aliphatic heterocycles. The van der Waals surface area contributed by atoms with E-state index < -0.39 is 0 Å². The van der Waals surface area contributed by atoms with Gasteiger partial charge in [-0.05, 0) is 31.3 Å². The molecule has 2 aromatic heterocycles. The van der Waals surface area contributed by atoms with Crippen LogP contribution in [-0.4, -0.2) is 51.8 Å². The topological polar surface area (TPSA) is 65.7 Å². The molecule has 0 aliphatic carbocycles. The lowest BCUT2D eigenvalue weighted by Gasteiger charge is -2.12. The first kappa shape index (κ1) is 15.5. The Morgan fingerprint density at radius 3 is 2.78 bits per heavy atom. The van der Waals surface area contributed by atoms with Crippen LogP contribution in [-0.2, 0) is 6.61 Å². The molecule has 0 saturated heterocycles. The largest absolute Gasteiger partial charge is 0.392 e. The Hall–Kier alpha value is -2.44. The third-order valence-corrected chi connectivity index (χ3v) is 3.74. The smallest absolute Gasteiger partial charge is 0.165 e. The summed E-state index contributed by atoms with van der Waals surface area (Å²) in [6, 6.07) is 9.69. The summed E-state index contributed by atoms with van der Waals surface area (Å²) < 4.78 is 1.80. The summed E-state index contributed by atoms with van der Waals surface area (Å²) in [5.41, 5.74) is 3.53. The molecule has 6 nitrogen and oxygen atoms in total. The molecular formula is C17H21N5O. The third-order valence-electron chi connectivity index (χ3n) is 3.74. The highest BCUT2D eigenvalue weighted by Crippen LogP contribution is 2.27. The zero-order valence-electron chi connectivity index (χ0n) is 13.4. The Kier molecular flexibility index (Phi) is 4.55. The van der Waals surface area contributed by atoms with E-state index in [0.29, 0.717) is 0 Å². The van der Waals surface area contributed by atoms with Crippen LogP contribution >= 0.6 is 0 Å². The standard InChI is InChI=1S/C17H21N5O/c1-21(2)10-9-18-16-7-8-19-17-15(11-20-22(16)17)14-6-4-3-5-13(14)12-23/h3-8,11,18,23H,9-10,12H2,1-2H3. The molecule has 1 aromatic carbocycles. The molecule has 2 N–H and O–H groups in total. The number of hydrogen-bond acceptors (Lipinski definition) is 5. The van der Waals surface area contributed by atoms with Gasteiger partial charge in [-0.15, -0.1) is 0 Å². The molecule has 0 saturated carbocycles. The molecule has 0 aliphatic rings. The molecule has 0 unspecified atom stereocenters. The number of aliphatic hydroxyl groups excluding tert-OH is 1. The number of aromatic nitrogens is 3. The number of hydrogen-bond donors (Lipinski definition) is 2. The highest BCUT2D eigenvalue weighted by molar-refractivity contribution is 5.80. The fraction of sp³-hybridized carbons (Fsp3) is 0.294. The number of fused-ring (bicyclic) bond motifs is 1. The van der Waals surface area contributed by atoms with Gasteiger partial charge < -0.3 is 15.3 Å². The van der Waals surface area contributed by atoms with E-state index >= 15 is 0 Å². The first-order chi connectivity index (χ1) is 11.2. The molecule has 0 amide bonds. The van der Waals surface area contributed by atoms with Crippen LogP contribution in [0.2, 0.25) is 0 Å². The van der Waals surface area contributed by atoms with Crippen LogP contribution in [0.1, 0.15) is 5.56 Å². The first-order valence-corrected chi connectivity index (χ1v) is 7.61. The summed E-state index contributed by atoms with van der Waals surface area (Å²) in [6.07, 6.45) is 3.58. The van der Waals surface area contributed by atoms with Gasteiger partial charge in [0, 0.05) is 24.8 Å². The fourth-order valence-electron chi connectivity index (χ4n) is 2.54. The second-order valence-corrected chi connectivity index (χ2v) is 5.67. The lowest BCUT2D eigenvalue weighted by Crippen LogP contribution is -2.21. The first-order valence-electron chi connectivity index (χ1n) is 7.61. The van der Waals surface area contributed by atoms with E-state index in [1.807, 2.05) is 44.4 Å². The van der Waals surface area contributed by atoms with Crippen LogP contribution < -0.4 is 5.32 Å². The predicted octanol–water partition coefficient (Wildman–Crippen LogP) is 1.86. The van der Waals surface area contributed by atoms with E-state index in [4.69, 9.17) is 0 Å². The summed E-state index contributed by atoms with van der Waals surface area (Å²) in [7, 11) is 4.09. The number of rotatable bonds is 6. The normalized spacial score (nSPS) is 11.3. The molecule has 3 aromatic rings. The molecule has 3 rings (SSSR count). The van der Waals surface area contributed by atoms with Gasteiger partial charge >= 0.3 is 0 Å². The molecular weight excluding hydrogens is 290 g/mol. The van der Waals surface area contributed by atoms with Gasteiger partial charge in [-0.1, -0.05) is 24.3 Å². The molecule has 6 heteroatoms. The van der Waals surface area contributed by atoms with Gasteiger partial charge in [-0.3, -0.25) is 0 Å². The number of aliphatic hydroxyl groups is 1. The van der Waals surface area contributed by atoms with Crippen molar-refractivity contribution in [3.8, 4) is 11.1 Å². The predicted molar refractivity (Wildman–Crippen MR) is 91.4 cm³/mol. The lowest BCUT2D eigenvalue weighted by atomic mass is 10.0. The van der Waals surface area contributed by atoms with Crippen LogP contribution in [0.15, 0.2) is 42.7 Å². The molecule has 0 radical (unpaired) electrons. The number of anilines is 1. The van der Waals surface area contributed by atoms with Crippen molar-refractivity contribution in [3.63, 3.8) is 0 Å². The highest BCUT2D eigenvalue weighted by Gasteiger charge is 2.13. The van der Waals surface area contributed by atoms with Gasteiger partial charge in [0.2, 0.25) is 0 Å². The minimum Gasteiger partial charge on any atom is -0.392 e. The van der Waals surface area contributed by atoms with Crippen LogP contribution in [0, 0.1) is 0 Å². The Morgan fingerprint density at radius 2 is 2.00 bits per heavy atom. The van der Waals surface area contributed by atoms with Gasteiger partial charge in [-0.2, -0.15) is 9.61 Å². The summed E-state index contributed by atoms with van der Waals surface area (Å²) in [5, 5.41) is 17.4. The zero-order valence-corrected chi connectivity index (χ0v) is 13.4. The van der Waals surface area contributed by atoms with Crippen molar-refractivity contribution < 1.29 is 5.11 Å². The third kappa shape index (κ3) is 3.18. The van der Waals surface area contributed by atoms with Crippen LogP contribution in [0.4, 0.5) is 5.82 Å². The van der Waals surface area contributed by atoms with Crippen molar-refractivity contribution in [1.29, 1.82) is 0 Å². The SMILES string of the molecule is CN(C)CCNc1ccnc2c(-c3ccccc3CO)cnn12. The summed E-state index contributed by atoms with van der Waals surface area (Å²) in [6.45, 7) is 1.76. The molecule has 23 heavy (non-hydrogen) atoms. The molecule has 0 atom stereocenters. The van der Waals surface area contributed by atoms with Gasteiger partial charge in [-0.25, -0.2) is 4.98 Å². The number of likely N-dealkylation sites (N-methyl/N-ethyl adjacent to an activating group) is 1. The highest BCUT2D eigenvalue weighted by atomic mass is 16.3. The molecule has 0 bridgehead atoms. The zero-order chi connectivity index (χ0) is 16.2. The van der Waals surface area contributed by atoms with E-state index in [2.05, 4.69) is 20.3 Å². The van der Waals surface area contributed by atoms with E-state index in [0.717, 1.165) is 41.2 Å². The van der Waals surface area contributed by atoms with Crippen molar-refractivity contribution in [3.05, 3.63) is 48.3 Å². The van der Waals surface area contributed by atoms with E-state index in [-0.39, 0.29) is 6.61 Å². The summed E-state index contributed by atoms with van der Waals surface area (Å²) >= 11 is 0. The number of nitrogens with zero attached hydrogens (tertiary/aromatic N) is 4. The number of benzene rings is 1. The minimum atomic E-state index is -0.00567. The van der Waals surface area contributed by atoms with Crippen LogP contribution in [0.3, 0.4) is 0 Å². The molecule has 0 spiro atoms. The Morgan fingerprint density at radius 1 is 1.17 bits per heavy atom. The molecule has 0 fully saturated rings. The average molecular weight is 311 g/mol. The maximum atomic E-state index is 9.55. The van der Waals surface area contributed by atoms with Crippen LogP contribution in [0.5, 0.6) is 0 Å². The maximum Gasteiger partial charge on any atom is 0.165 e.